The highest BCUT2D eigenvalue weighted by molar-refractivity contribution is 5.09. The van der Waals surface area contributed by atoms with Crippen molar-refractivity contribution in [3.05, 3.63) is 11.6 Å². The van der Waals surface area contributed by atoms with Crippen LogP contribution in [0.2, 0.25) is 0 Å². The third kappa shape index (κ3) is 1.84. The largest absolute Gasteiger partial charge is 0.396 e. The fourth-order valence-corrected chi connectivity index (χ4v) is 1.62. The minimum absolute atomic E-state index is 0.105. The van der Waals surface area contributed by atoms with Crippen LogP contribution in [0.25, 0.3) is 0 Å². The van der Waals surface area contributed by atoms with Crippen LogP contribution in [0.15, 0.2) is 11.6 Å². The van der Waals surface area contributed by atoms with E-state index in [1.807, 2.05) is 0 Å². The summed E-state index contributed by atoms with van der Waals surface area (Å²) in [6, 6.07) is 0. The second-order valence-corrected chi connectivity index (χ2v) is 4.33. The van der Waals surface area contributed by atoms with E-state index >= 15 is 0 Å². The van der Waals surface area contributed by atoms with Gasteiger partial charge in [0.15, 0.2) is 0 Å². The molecule has 1 nitrogen and oxygen atoms in total. The van der Waals surface area contributed by atoms with Gasteiger partial charge in [0.25, 0.3) is 0 Å². The van der Waals surface area contributed by atoms with E-state index in [1.165, 1.54) is 12.0 Å². The first-order valence-corrected chi connectivity index (χ1v) is 4.33. The molecule has 0 radical (unpaired) electrons. The lowest BCUT2D eigenvalue weighted by Gasteiger charge is -2.29. The summed E-state index contributed by atoms with van der Waals surface area (Å²) in [5, 5.41) is 9.12. The summed E-state index contributed by atoms with van der Waals surface area (Å²) >= 11 is 0. The number of aliphatic hydroxyl groups excluding tert-OH is 1. The lowest BCUT2D eigenvalue weighted by atomic mass is 9.78. The first kappa shape index (κ1) is 8.79. The molecule has 1 heteroatoms. The Labute approximate surface area is 69.1 Å². The minimum Gasteiger partial charge on any atom is -0.396 e. The molecule has 0 heterocycles. The molecule has 0 fully saturated rings. The molecule has 0 aromatic carbocycles. The smallest absolute Gasteiger partial charge is 0.0485 e. The topological polar surface area (TPSA) is 20.2 Å². The van der Waals surface area contributed by atoms with Gasteiger partial charge in [0.1, 0.15) is 0 Å². The van der Waals surface area contributed by atoms with Gasteiger partial charge in [-0.25, -0.2) is 0 Å². The molecule has 0 unspecified atom stereocenters. The van der Waals surface area contributed by atoms with E-state index in [0.29, 0.717) is 12.5 Å². The molecule has 1 aliphatic carbocycles. The Bertz CT molecular complexity index is 168. The van der Waals surface area contributed by atoms with Crippen LogP contribution in [0, 0.1) is 11.3 Å². The number of hydrogen-bond acceptors (Lipinski definition) is 1. The van der Waals surface area contributed by atoms with Crippen molar-refractivity contribution < 1.29 is 5.11 Å². The number of hydrogen-bond donors (Lipinski definition) is 1. The predicted octanol–water partition coefficient (Wildman–Crippen LogP) is 2.36. The monoisotopic (exact) mass is 154 g/mol. The van der Waals surface area contributed by atoms with Crippen molar-refractivity contribution in [3.63, 3.8) is 0 Å². The van der Waals surface area contributed by atoms with Crippen molar-refractivity contribution >= 4 is 0 Å². The number of allylic oxidation sites excluding steroid dienone is 2. The van der Waals surface area contributed by atoms with Gasteiger partial charge in [-0.3, -0.25) is 0 Å². The Kier molecular flexibility index (Phi) is 2.38. The molecular weight excluding hydrogens is 136 g/mol. The molecule has 0 aromatic rings. The zero-order valence-corrected chi connectivity index (χ0v) is 7.72. The van der Waals surface area contributed by atoms with Crippen LogP contribution in [-0.4, -0.2) is 11.7 Å². The average Bonchev–Trinajstić information content (AvgIpc) is 2.36. The van der Waals surface area contributed by atoms with E-state index < -0.39 is 0 Å². The number of aliphatic hydroxyl groups is 1. The van der Waals surface area contributed by atoms with E-state index in [-0.39, 0.29) is 5.41 Å². The van der Waals surface area contributed by atoms with Crippen LogP contribution in [0.1, 0.15) is 33.6 Å². The van der Waals surface area contributed by atoms with E-state index in [0.717, 1.165) is 6.42 Å². The Morgan fingerprint density at radius 1 is 1.64 bits per heavy atom. The van der Waals surface area contributed by atoms with Gasteiger partial charge in [-0.05, 0) is 31.1 Å². The van der Waals surface area contributed by atoms with E-state index in [9.17, 15) is 0 Å². The van der Waals surface area contributed by atoms with Crippen molar-refractivity contribution in [2.24, 2.45) is 11.3 Å². The van der Waals surface area contributed by atoms with Crippen molar-refractivity contribution in [3.8, 4) is 0 Å². The third-order valence-electron chi connectivity index (χ3n) is 2.83. The first-order chi connectivity index (χ1) is 5.06. The highest BCUT2D eigenvalue weighted by Gasteiger charge is 2.30. The summed E-state index contributed by atoms with van der Waals surface area (Å²) in [4.78, 5) is 0. The van der Waals surface area contributed by atoms with Crippen LogP contribution < -0.4 is 0 Å². The van der Waals surface area contributed by atoms with Crippen molar-refractivity contribution in [1.82, 2.24) is 0 Å². The number of rotatable bonds is 2. The van der Waals surface area contributed by atoms with Crippen LogP contribution in [-0.2, 0) is 0 Å². The Balaban J connectivity index is 2.52. The van der Waals surface area contributed by atoms with Gasteiger partial charge in [-0.2, -0.15) is 0 Å². The summed E-state index contributed by atoms with van der Waals surface area (Å²) in [7, 11) is 0. The quantitative estimate of drug-likeness (QED) is 0.605. The molecule has 1 N–H and O–H groups in total. The molecule has 1 aliphatic rings. The van der Waals surface area contributed by atoms with Gasteiger partial charge in [0.05, 0.1) is 0 Å². The normalized spacial score (nSPS) is 25.5. The molecule has 0 aliphatic heterocycles. The molecule has 0 amide bonds. The van der Waals surface area contributed by atoms with Gasteiger partial charge in [-0.1, -0.05) is 25.5 Å². The molecular formula is C10H18O. The highest BCUT2D eigenvalue weighted by Crippen LogP contribution is 2.38. The lowest BCUT2D eigenvalue weighted by Crippen LogP contribution is -2.26. The first-order valence-electron chi connectivity index (χ1n) is 4.33. The molecule has 0 saturated heterocycles. The Morgan fingerprint density at radius 2 is 2.27 bits per heavy atom. The SMILES string of the molecule is CC1=CC[C@@H](C(C)(C)CO)C1. The lowest BCUT2D eigenvalue weighted by molar-refractivity contribution is 0.101. The highest BCUT2D eigenvalue weighted by atomic mass is 16.3. The predicted molar refractivity (Wildman–Crippen MR) is 47.3 cm³/mol. The van der Waals surface area contributed by atoms with Gasteiger partial charge in [-0.15, -0.1) is 0 Å². The van der Waals surface area contributed by atoms with Crippen LogP contribution in [0.3, 0.4) is 0 Å². The molecule has 1 atom stereocenters. The van der Waals surface area contributed by atoms with Gasteiger partial charge in [0.2, 0.25) is 0 Å². The summed E-state index contributed by atoms with van der Waals surface area (Å²) in [5.41, 5.74) is 1.59. The maximum absolute atomic E-state index is 9.12. The summed E-state index contributed by atoms with van der Waals surface area (Å²) in [5.74, 6) is 0.660. The van der Waals surface area contributed by atoms with Crippen LogP contribution in [0.5, 0.6) is 0 Å². The summed E-state index contributed by atoms with van der Waals surface area (Å²) in [6.45, 7) is 6.76. The maximum atomic E-state index is 9.12. The second-order valence-electron chi connectivity index (χ2n) is 4.33. The maximum Gasteiger partial charge on any atom is 0.0485 e. The van der Waals surface area contributed by atoms with Crippen molar-refractivity contribution in [2.75, 3.05) is 6.61 Å². The van der Waals surface area contributed by atoms with Crippen LogP contribution in [0.4, 0.5) is 0 Å². The van der Waals surface area contributed by atoms with Gasteiger partial charge in [0, 0.05) is 6.61 Å². The van der Waals surface area contributed by atoms with Gasteiger partial charge >= 0.3 is 0 Å². The molecule has 0 spiro atoms. The van der Waals surface area contributed by atoms with E-state index in [2.05, 4.69) is 26.8 Å². The summed E-state index contributed by atoms with van der Waals surface area (Å²) < 4.78 is 0. The molecule has 0 bridgehead atoms. The Hall–Kier alpha value is -0.300. The molecule has 0 saturated carbocycles. The van der Waals surface area contributed by atoms with E-state index in [4.69, 9.17) is 5.11 Å². The van der Waals surface area contributed by atoms with Crippen molar-refractivity contribution in [1.29, 1.82) is 0 Å². The van der Waals surface area contributed by atoms with Crippen molar-refractivity contribution in [2.45, 2.75) is 33.6 Å². The molecule has 1 rings (SSSR count). The molecule has 64 valence electrons. The van der Waals surface area contributed by atoms with Gasteiger partial charge < -0.3 is 5.11 Å². The standard InChI is InChI=1S/C10H18O/c1-8-4-5-9(6-8)10(2,3)7-11/h4,9,11H,5-7H2,1-3H3/t9-/m1/s1. The zero-order valence-electron chi connectivity index (χ0n) is 7.72. The Morgan fingerprint density at radius 3 is 2.64 bits per heavy atom. The minimum atomic E-state index is 0.105. The second kappa shape index (κ2) is 2.98. The van der Waals surface area contributed by atoms with E-state index in [1.54, 1.807) is 0 Å². The fourth-order valence-electron chi connectivity index (χ4n) is 1.62. The molecule has 0 aromatic heterocycles. The average molecular weight is 154 g/mol. The third-order valence-corrected chi connectivity index (χ3v) is 2.83. The van der Waals surface area contributed by atoms with Crippen LogP contribution >= 0.6 is 0 Å². The molecule has 11 heavy (non-hydrogen) atoms. The fraction of sp³-hybridized carbons (Fsp3) is 0.800. The zero-order chi connectivity index (χ0) is 8.48. The summed E-state index contributed by atoms with van der Waals surface area (Å²) in [6.07, 6.45) is 4.62.